The first-order chi connectivity index (χ1) is 9.15. The Bertz CT molecular complexity index is 457. The minimum Gasteiger partial charge on any atom is -0.464 e. The van der Waals surface area contributed by atoms with Gasteiger partial charge in [0, 0.05) is 18.0 Å². The first-order valence-corrected chi connectivity index (χ1v) is 6.13. The molecular formula is C13H18N4O2. The molecule has 1 unspecified atom stereocenters. The van der Waals surface area contributed by atoms with Gasteiger partial charge in [0.15, 0.2) is 0 Å². The van der Waals surface area contributed by atoms with Crippen molar-refractivity contribution < 1.29 is 9.53 Å². The highest BCUT2D eigenvalue weighted by Gasteiger charge is 2.35. The van der Waals surface area contributed by atoms with E-state index in [4.69, 9.17) is 10.3 Å². The maximum Gasteiger partial charge on any atom is 0.330 e. The molecule has 0 radical (unpaired) electrons. The quantitative estimate of drug-likeness (QED) is 0.269. The van der Waals surface area contributed by atoms with E-state index in [9.17, 15) is 4.79 Å². The number of esters is 1. The second-order valence-electron chi connectivity index (χ2n) is 4.09. The van der Waals surface area contributed by atoms with Gasteiger partial charge >= 0.3 is 5.97 Å². The Morgan fingerprint density at radius 2 is 2.16 bits per heavy atom. The van der Waals surface area contributed by atoms with Gasteiger partial charge in [-0.1, -0.05) is 35.4 Å². The van der Waals surface area contributed by atoms with Crippen LogP contribution >= 0.6 is 0 Å². The molecule has 0 heterocycles. The predicted octanol–water partition coefficient (Wildman–Crippen LogP) is 2.36. The zero-order chi connectivity index (χ0) is 14.1. The summed E-state index contributed by atoms with van der Waals surface area (Å²) < 4.78 is 5.11. The van der Waals surface area contributed by atoms with E-state index in [1.165, 1.54) is 0 Å². The summed E-state index contributed by atoms with van der Waals surface area (Å²) >= 11 is 0. The van der Waals surface area contributed by atoms with Crippen molar-refractivity contribution in [2.45, 2.75) is 19.4 Å². The van der Waals surface area contributed by atoms with Gasteiger partial charge < -0.3 is 4.74 Å². The van der Waals surface area contributed by atoms with Crippen molar-refractivity contribution in [3.63, 3.8) is 0 Å². The van der Waals surface area contributed by atoms with Gasteiger partial charge in [-0.3, -0.25) is 5.32 Å². The van der Waals surface area contributed by atoms with Crippen LogP contribution in [-0.2, 0) is 15.1 Å². The standard InChI is InChI=1S/C13H18N4O2/c1-3-19-12(18)13(2,15-9-10-16-17-14)11-7-5-4-6-8-11/h4-8,15H,3,9-10H2,1-2H3. The van der Waals surface area contributed by atoms with E-state index in [0.717, 1.165) is 5.56 Å². The van der Waals surface area contributed by atoms with Crippen molar-refractivity contribution in [3.8, 4) is 0 Å². The number of nitrogens with one attached hydrogen (secondary N) is 1. The van der Waals surface area contributed by atoms with Crippen LogP contribution in [0.2, 0.25) is 0 Å². The average molecular weight is 262 g/mol. The lowest BCUT2D eigenvalue weighted by Gasteiger charge is -2.28. The summed E-state index contributed by atoms with van der Waals surface area (Å²) in [5.41, 5.74) is 8.12. The summed E-state index contributed by atoms with van der Waals surface area (Å²) in [6.45, 7) is 4.52. The number of ether oxygens (including phenoxy) is 1. The third kappa shape index (κ3) is 3.98. The molecule has 1 N–H and O–H groups in total. The van der Waals surface area contributed by atoms with Crippen molar-refractivity contribution >= 4 is 5.97 Å². The van der Waals surface area contributed by atoms with Gasteiger partial charge in [-0.15, -0.1) is 0 Å². The molecule has 1 aromatic rings. The Kier molecular flexibility index (Phi) is 5.85. The minimum absolute atomic E-state index is 0.276. The zero-order valence-electron chi connectivity index (χ0n) is 11.2. The van der Waals surface area contributed by atoms with Gasteiger partial charge in [-0.25, -0.2) is 4.79 Å². The molecule has 0 saturated heterocycles. The van der Waals surface area contributed by atoms with Crippen LogP contribution in [0.3, 0.4) is 0 Å². The zero-order valence-corrected chi connectivity index (χ0v) is 11.2. The molecule has 1 atom stereocenters. The lowest BCUT2D eigenvalue weighted by Crippen LogP contribution is -2.48. The second kappa shape index (κ2) is 7.41. The summed E-state index contributed by atoms with van der Waals surface area (Å²) in [7, 11) is 0. The molecule has 19 heavy (non-hydrogen) atoms. The molecule has 6 nitrogen and oxygen atoms in total. The Morgan fingerprint density at radius 3 is 2.74 bits per heavy atom. The summed E-state index contributed by atoms with van der Waals surface area (Å²) in [4.78, 5) is 14.8. The highest BCUT2D eigenvalue weighted by molar-refractivity contribution is 5.82. The number of azide groups is 1. The Labute approximate surface area is 112 Å². The third-order valence-electron chi connectivity index (χ3n) is 2.79. The summed E-state index contributed by atoms with van der Waals surface area (Å²) in [6, 6.07) is 9.33. The summed E-state index contributed by atoms with van der Waals surface area (Å²) in [5, 5.41) is 6.53. The molecule has 0 aromatic heterocycles. The molecule has 1 rings (SSSR count). The van der Waals surface area contributed by atoms with Crippen LogP contribution in [0, 0.1) is 0 Å². The monoisotopic (exact) mass is 262 g/mol. The first kappa shape index (κ1) is 15.0. The summed E-state index contributed by atoms with van der Waals surface area (Å²) in [5.74, 6) is -0.345. The number of hydrogen-bond acceptors (Lipinski definition) is 4. The SMILES string of the molecule is CCOC(=O)C(C)(NCCN=[N+]=[N-])c1ccccc1. The van der Waals surface area contributed by atoms with Gasteiger partial charge in [0.1, 0.15) is 5.54 Å². The fraction of sp³-hybridized carbons (Fsp3) is 0.462. The van der Waals surface area contributed by atoms with Crippen LogP contribution in [0.15, 0.2) is 35.4 Å². The number of hydrogen-bond donors (Lipinski definition) is 1. The van der Waals surface area contributed by atoms with Crippen molar-refractivity contribution in [3.05, 3.63) is 46.3 Å². The Hall–Kier alpha value is -2.04. The van der Waals surface area contributed by atoms with E-state index in [1.807, 2.05) is 30.3 Å². The second-order valence-corrected chi connectivity index (χ2v) is 4.09. The number of carbonyl (C=O) groups is 1. The number of nitrogens with zero attached hydrogens (tertiary/aromatic N) is 3. The van der Waals surface area contributed by atoms with Crippen molar-refractivity contribution in [1.82, 2.24) is 5.32 Å². The predicted molar refractivity (Wildman–Crippen MR) is 72.4 cm³/mol. The third-order valence-corrected chi connectivity index (χ3v) is 2.79. The van der Waals surface area contributed by atoms with Crippen LogP contribution in [0.1, 0.15) is 19.4 Å². The highest BCUT2D eigenvalue weighted by Crippen LogP contribution is 2.22. The van der Waals surface area contributed by atoms with Gasteiger partial charge in [-0.05, 0) is 24.9 Å². The lowest BCUT2D eigenvalue weighted by atomic mass is 9.92. The number of rotatable bonds is 7. The van der Waals surface area contributed by atoms with E-state index in [0.29, 0.717) is 13.2 Å². The normalized spacial score (nSPS) is 13.2. The average Bonchev–Trinajstić information content (AvgIpc) is 2.44. The molecular weight excluding hydrogens is 244 g/mol. The van der Waals surface area contributed by atoms with E-state index in [1.54, 1.807) is 13.8 Å². The van der Waals surface area contributed by atoms with Crippen molar-refractivity contribution in [1.29, 1.82) is 0 Å². The van der Waals surface area contributed by atoms with Gasteiger partial charge in [0.2, 0.25) is 0 Å². The molecule has 102 valence electrons. The first-order valence-electron chi connectivity index (χ1n) is 6.13. The highest BCUT2D eigenvalue weighted by atomic mass is 16.5. The topological polar surface area (TPSA) is 87.1 Å². The van der Waals surface area contributed by atoms with E-state index in [-0.39, 0.29) is 12.5 Å². The van der Waals surface area contributed by atoms with E-state index in [2.05, 4.69) is 15.3 Å². The smallest absolute Gasteiger partial charge is 0.330 e. The molecule has 6 heteroatoms. The van der Waals surface area contributed by atoms with Crippen LogP contribution < -0.4 is 5.32 Å². The number of carbonyl (C=O) groups excluding carboxylic acids is 1. The molecule has 0 aliphatic carbocycles. The molecule has 0 aliphatic rings. The van der Waals surface area contributed by atoms with Gasteiger partial charge in [0.25, 0.3) is 0 Å². The Morgan fingerprint density at radius 1 is 1.47 bits per heavy atom. The van der Waals surface area contributed by atoms with Crippen LogP contribution in [0.4, 0.5) is 0 Å². The maximum atomic E-state index is 12.1. The lowest BCUT2D eigenvalue weighted by molar-refractivity contribution is -0.151. The van der Waals surface area contributed by atoms with Crippen LogP contribution in [0.25, 0.3) is 10.4 Å². The van der Waals surface area contributed by atoms with Crippen molar-refractivity contribution in [2.24, 2.45) is 5.11 Å². The fourth-order valence-electron chi connectivity index (χ4n) is 1.74. The summed E-state index contributed by atoms with van der Waals surface area (Å²) in [6.07, 6.45) is 0. The van der Waals surface area contributed by atoms with Gasteiger partial charge in [0.05, 0.1) is 6.61 Å². The number of benzene rings is 1. The molecule has 0 spiro atoms. The molecule has 0 bridgehead atoms. The molecule has 0 aliphatic heterocycles. The molecule has 0 fully saturated rings. The van der Waals surface area contributed by atoms with E-state index >= 15 is 0 Å². The van der Waals surface area contributed by atoms with Crippen LogP contribution in [0.5, 0.6) is 0 Å². The fourth-order valence-corrected chi connectivity index (χ4v) is 1.74. The maximum absolute atomic E-state index is 12.1. The largest absolute Gasteiger partial charge is 0.464 e. The van der Waals surface area contributed by atoms with Crippen molar-refractivity contribution in [2.75, 3.05) is 19.7 Å². The van der Waals surface area contributed by atoms with E-state index < -0.39 is 5.54 Å². The Balaban J connectivity index is 2.90. The molecule has 0 amide bonds. The van der Waals surface area contributed by atoms with Gasteiger partial charge in [-0.2, -0.15) is 0 Å². The minimum atomic E-state index is -0.942. The van der Waals surface area contributed by atoms with Crippen LogP contribution in [-0.4, -0.2) is 25.7 Å². The molecule has 0 saturated carbocycles. The molecule has 1 aromatic carbocycles.